The van der Waals surface area contributed by atoms with Crippen LogP contribution >= 0.6 is 34.8 Å². The first kappa shape index (κ1) is 26.5. The van der Waals surface area contributed by atoms with Crippen molar-refractivity contribution in [3.05, 3.63) is 99.9 Å². The van der Waals surface area contributed by atoms with E-state index in [0.717, 1.165) is 11.1 Å². The maximum Gasteiger partial charge on any atom is 0.277 e. The number of nitrogens with one attached hydrogen (secondary N) is 1. The molecule has 0 radical (unpaired) electrons. The van der Waals surface area contributed by atoms with Gasteiger partial charge in [-0.3, -0.25) is 4.79 Å². The van der Waals surface area contributed by atoms with Gasteiger partial charge < -0.3 is 9.47 Å². The second kappa shape index (κ2) is 11.7. The summed E-state index contributed by atoms with van der Waals surface area (Å²) in [5, 5.41) is 10.1. The number of aromatic nitrogens is 3. The summed E-state index contributed by atoms with van der Waals surface area (Å²) in [7, 11) is 1.59. The van der Waals surface area contributed by atoms with Crippen molar-refractivity contribution in [3.8, 4) is 28.3 Å². The molecule has 1 N–H and O–H groups in total. The Hall–Kier alpha value is -4.11. The molecule has 2 aromatic heterocycles. The summed E-state index contributed by atoms with van der Waals surface area (Å²) in [6, 6.07) is 20.1. The van der Waals surface area contributed by atoms with E-state index in [4.69, 9.17) is 44.3 Å². The van der Waals surface area contributed by atoms with Gasteiger partial charge in [0.25, 0.3) is 5.91 Å². The van der Waals surface area contributed by atoms with Crippen LogP contribution in [0.1, 0.15) is 5.56 Å². The zero-order chi connectivity index (χ0) is 27.4. The van der Waals surface area contributed by atoms with Gasteiger partial charge >= 0.3 is 0 Å². The van der Waals surface area contributed by atoms with Crippen LogP contribution in [0.3, 0.4) is 0 Å². The number of rotatable bonds is 8. The van der Waals surface area contributed by atoms with E-state index in [-0.39, 0.29) is 16.8 Å². The highest BCUT2D eigenvalue weighted by atomic mass is 35.5. The van der Waals surface area contributed by atoms with Gasteiger partial charge in [-0.1, -0.05) is 53.0 Å². The molecule has 1 amide bonds. The maximum absolute atomic E-state index is 12.5. The van der Waals surface area contributed by atoms with E-state index in [1.165, 1.54) is 6.21 Å². The Bertz CT molecular complexity index is 1690. The monoisotopic (exact) mass is 579 g/mol. The van der Waals surface area contributed by atoms with Crippen molar-refractivity contribution in [2.45, 2.75) is 0 Å². The van der Waals surface area contributed by atoms with Gasteiger partial charge in [-0.2, -0.15) is 10.2 Å². The van der Waals surface area contributed by atoms with Gasteiger partial charge in [-0.05, 0) is 48.5 Å². The molecule has 5 rings (SSSR count). The summed E-state index contributed by atoms with van der Waals surface area (Å²) in [5.74, 6) is 0.478. The number of carbonyl (C=O) groups excluding carboxylic acids is 1. The van der Waals surface area contributed by atoms with Crippen molar-refractivity contribution in [1.29, 1.82) is 0 Å². The molecule has 0 spiro atoms. The number of carbonyl (C=O) groups is 1. The number of benzene rings is 3. The molecular weight excluding hydrogens is 561 g/mol. The molecule has 0 saturated carbocycles. The summed E-state index contributed by atoms with van der Waals surface area (Å²) in [6.07, 6.45) is 4.90. The van der Waals surface area contributed by atoms with E-state index in [1.807, 2.05) is 48.7 Å². The van der Waals surface area contributed by atoms with Gasteiger partial charge in [0.1, 0.15) is 16.7 Å². The van der Waals surface area contributed by atoms with Crippen molar-refractivity contribution >= 4 is 57.8 Å². The van der Waals surface area contributed by atoms with E-state index in [0.29, 0.717) is 38.7 Å². The van der Waals surface area contributed by atoms with Crippen molar-refractivity contribution in [3.63, 3.8) is 0 Å². The summed E-state index contributed by atoms with van der Waals surface area (Å²) >= 11 is 19.0. The number of ether oxygens (including phenoxy) is 2. The van der Waals surface area contributed by atoms with Crippen LogP contribution in [0.25, 0.3) is 27.7 Å². The standard InChI is InChI=1S/C28H20Cl3N5O3/c1-38-22-7-8-25-17(10-22)9-18(28(31)34-25)13-32-35-26(37)16-39-27-23(11-20(29)12-24(27)30)19-14-33-36(15-19)21-5-3-2-4-6-21/h2-15H,16H2,1H3,(H,35,37)/b32-13+. The van der Waals surface area contributed by atoms with Gasteiger partial charge in [0.05, 0.1) is 35.7 Å². The Morgan fingerprint density at radius 1 is 1.08 bits per heavy atom. The molecule has 39 heavy (non-hydrogen) atoms. The van der Waals surface area contributed by atoms with E-state index in [1.54, 1.807) is 42.3 Å². The third-order valence-electron chi connectivity index (χ3n) is 5.67. The molecule has 0 aliphatic rings. The molecule has 196 valence electrons. The van der Waals surface area contributed by atoms with Crippen molar-refractivity contribution < 1.29 is 14.3 Å². The predicted octanol–water partition coefficient (Wildman–Crippen LogP) is 6.59. The van der Waals surface area contributed by atoms with Crippen LogP contribution in [-0.4, -0.2) is 40.6 Å². The topological polar surface area (TPSA) is 90.6 Å². The number of amides is 1. The first-order chi connectivity index (χ1) is 18.9. The number of nitrogens with zero attached hydrogens (tertiary/aromatic N) is 4. The molecule has 5 aromatic rings. The van der Waals surface area contributed by atoms with Crippen LogP contribution in [0, 0.1) is 0 Å². The van der Waals surface area contributed by atoms with Crippen LogP contribution in [0.4, 0.5) is 0 Å². The number of hydrazone groups is 1. The van der Waals surface area contributed by atoms with Crippen LogP contribution in [0.15, 0.2) is 84.2 Å². The summed E-state index contributed by atoms with van der Waals surface area (Å²) in [5.41, 5.74) is 5.85. The van der Waals surface area contributed by atoms with Crippen molar-refractivity contribution in [2.75, 3.05) is 13.7 Å². The Morgan fingerprint density at radius 2 is 1.90 bits per heavy atom. The minimum Gasteiger partial charge on any atom is -0.497 e. The Balaban J connectivity index is 1.29. The van der Waals surface area contributed by atoms with Gasteiger partial charge in [0.2, 0.25) is 0 Å². The lowest BCUT2D eigenvalue weighted by Crippen LogP contribution is -2.24. The lowest BCUT2D eigenvalue weighted by molar-refractivity contribution is -0.123. The first-order valence-electron chi connectivity index (χ1n) is 11.6. The number of hydrogen-bond donors (Lipinski definition) is 1. The quantitative estimate of drug-likeness (QED) is 0.127. The lowest BCUT2D eigenvalue weighted by atomic mass is 10.1. The highest BCUT2D eigenvalue weighted by Crippen LogP contribution is 2.39. The number of halogens is 3. The maximum atomic E-state index is 12.5. The summed E-state index contributed by atoms with van der Waals surface area (Å²) in [6.45, 7) is -0.348. The normalized spacial score (nSPS) is 11.2. The highest BCUT2D eigenvalue weighted by Gasteiger charge is 2.16. The average molecular weight is 581 g/mol. The fourth-order valence-corrected chi connectivity index (χ4v) is 4.56. The van der Waals surface area contributed by atoms with E-state index < -0.39 is 5.91 Å². The minimum absolute atomic E-state index is 0.246. The summed E-state index contributed by atoms with van der Waals surface area (Å²) in [4.78, 5) is 16.9. The third kappa shape index (κ3) is 6.15. The number of fused-ring (bicyclic) bond motifs is 1. The molecule has 11 heteroatoms. The molecule has 0 aliphatic carbocycles. The fraction of sp³-hybridized carbons (Fsp3) is 0.0714. The molecule has 0 unspecified atom stereocenters. The van der Waals surface area contributed by atoms with Crippen LogP contribution in [-0.2, 0) is 4.79 Å². The molecule has 8 nitrogen and oxygen atoms in total. The second-order valence-corrected chi connectivity index (χ2v) is 9.48. The van der Waals surface area contributed by atoms with E-state index in [9.17, 15) is 4.79 Å². The smallest absolute Gasteiger partial charge is 0.277 e. The zero-order valence-electron chi connectivity index (χ0n) is 20.4. The fourth-order valence-electron chi connectivity index (χ4n) is 3.81. The van der Waals surface area contributed by atoms with Gasteiger partial charge in [0.15, 0.2) is 6.61 Å². The first-order valence-corrected chi connectivity index (χ1v) is 12.7. The summed E-state index contributed by atoms with van der Waals surface area (Å²) < 4.78 is 12.8. The van der Waals surface area contributed by atoms with Crippen LogP contribution < -0.4 is 14.9 Å². The Labute approximate surface area is 238 Å². The predicted molar refractivity (Wildman–Crippen MR) is 154 cm³/mol. The van der Waals surface area contributed by atoms with Crippen molar-refractivity contribution in [1.82, 2.24) is 20.2 Å². The molecule has 0 atom stereocenters. The zero-order valence-corrected chi connectivity index (χ0v) is 22.7. The SMILES string of the molecule is COc1ccc2nc(Cl)c(/C=N/NC(=O)COc3c(Cl)cc(Cl)cc3-c3cnn(-c4ccccc4)c3)cc2c1. The number of methoxy groups -OCH3 is 1. The van der Waals surface area contributed by atoms with E-state index >= 15 is 0 Å². The van der Waals surface area contributed by atoms with Gasteiger partial charge in [-0.25, -0.2) is 15.1 Å². The number of para-hydroxylation sites is 1. The van der Waals surface area contributed by atoms with Gasteiger partial charge in [0, 0.05) is 33.3 Å². The molecule has 0 saturated heterocycles. The number of pyridine rings is 1. The number of hydrogen-bond acceptors (Lipinski definition) is 6. The molecule has 2 heterocycles. The highest BCUT2D eigenvalue weighted by molar-refractivity contribution is 6.36. The molecule has 0 bridgehead atoms. The minimum atomic E-state index is -0.505. The van der Waals surface area contributed by atoms with Crippen LogP contribution in [0.5, 0.6) is 11.5 Å². The third-order valence-corrected chi connectivity index (χ3v) is 6.47. The Kier molecular flexibility index (Phi) is 7.97. The molecule has 0 fully saturated rings. The molecule has 3 aromatic carbocycles. The van der Waals surface area contributed by atoms with Crippen molar-refractivity contribution in [2.24, 2.45) is 5.10 Å². The second-order valence-electron chi connectivity index (χ2n) is 8.28. The lowest BCUT2D eigenvalue weighted by Gasteiger charge is -2.12. The average Bonchev–Trinajstić information content (AvgIpc) is 3.43. The Morgan fingerprint density at radius 3 is 2.69 bits per heavy atom. The van der Waals surface area contributed by atoms with E-state index in [2.05, 4.69) is 20.6 Å². The van der Waals surface area contributed by atoms with Crippen LogP contribution in [0.2, 0.25) is 15.2 Å². The van der Waals surface area contributed by atoms with Gasteiger partial charge in [-0.15, -0.1) is 0 Å². The molecular formula is C28H20Cl3N5O3. The largest absolute Gasteiger partial charge is 0.497 e. The molecule has 0 aliphatic heterocycles.